The zero-order valence-corrected chi connectivity index (χ0v) is 11.1. The van der Waals surface area contributed by atoms with Crippen molar-refractivity contribution in [1.29, 1.82) is 0 Å². The second-order valence-electron chi connectivity index (χ2n) is 4.52. The fourth-order valence-electron chi connectivity index (χ4n) is 2.20. The first kappa shape index (κ1) is 13.6. The van der Waals surface area contributed by atoms with E-state index in [-0.39, 0.29) is 0 Å². The van der Waals surface area contributed by atoms with Crippen molar-refractivity contribution in [2.24, 2.45) is 0 Å². The third-order valence-electron chi connectivity index (χ3n) is 3.05. The fraction of sp³-hybridized carbons (Fsp3) is 0.429. The molecular formula is C14H19N3O2. The van der Waals surface area contributed by atoms with Gasteiger partial charge in [-0.2, -0.15) is 0 Å². The van der Waals surface area contributed by atoms with Crippen molar-refractivity contribution in [3.63, 3.8) is 0 Å². The Labute approximate surface area is 113 Å². The van der Waals surface area contributed by atoms with Gasteiger partial charge in [0.05, 0.1) is 19.7 Å². The Hall–Kier alpha value is -1.81. The number of nitrogen functional groups attached to an aromatic ring is 1. The number of anilines is 1. The molecule has 0 aliphatic carbocycles. The molecule has 0 radical (unpaired) electrons. The van der Waals surface area contributed by atoms with Crippen LogP contribution in [0.5, 0.6) is 0 Å². The number of hydrogen-bond acceptors (Lipinski definition) is 5. The molecular weight excluding hydrogens is 242 g/mol. The van der Waals surface area contributed by atoms with Gasteiger partial charge in [-0.15, -0.1) is 0 Å². The average Bonchev–Trinajstić information content (AvgIpc) is 2.41. The number of nitrogens with two attached hydrogens (primary N) is 1. The standard InChI is InChI=1S/C14H19N3O2/c1-2-19-17-7-6-16(10-14(17)11-18)9-12-4-3-5-13(15)8-12/h3-5,8H,2,6-7,9-10,15H2,1H3. The summed E-state index contributed by atoms with van der Waals surface area (Å²) in [6.45, 7) is 5.32. The van der Waals surface area contributed by atoms with Crippen LogP contribution in [0.15, 0.2) is 30.0 Å². The number of nitrogens with zero attached hydrogens (tertiary/aromatic N) is 2. The number of hydroxylamine groups is 2. The summed E-state index contributed by atoms with van der Waals surface area (Å²) in [5.74, 6) is 1.97. The summed E-state index contributed by atoms with van der Waals surface area (Å²) in [6.07, 6.45) is 0. The molecule has 1 saturated heterocycles. The minimum Gasteiger partial charge on any atom is -0.399 e. The zero-order valence-electron chi connectivity index (χ0n) is 11.1. The number of benzene rings is 1. The van der Waals surface area contributed by atoms with Gasteiger partial charge in [-0.1, -0.05) is 12.1 Å². The molecule has 2 rings (SSSR count). The van der Waals surface area contributed by atoms with Crippen LogP contribution in [0.25, 0.3) is 0 Å². The van der Waals surface area contributed by atoms with Gasteiger partial charge < -0.3 is 5.73 Å². The molecule has 5 heteroatoms. The molecule has 0 atom stereocenters. The van der Waals surface area contributed by atoms with E-state index in [1.54, 1.807) is 5.06 Å². The SMILES string of the molecule is CCON1CCN(Cc2cccc(N)c2)CC1=C=O. The molecule has 2 N–H and O–H groups in total. The molecule has 0 aromatic heterocycles. The van der Waals surface area contributed by atoms with Crippen molar-refractivity contribution >= 4 is 11.6 Å². The first-order valence-corrected chi connectivity index (χ1v) is 6.44. The Morgan fingerprint density at radius 1 is 1.42 bits per heavy atom. The molecule has 1 aliphatic heterocycles. The number of carbonyl (C=O) groups excluding carboxylic acids is 1. The van der Waals surface area contributed by atoms with Crippen LogP contribution in [0.2, 0.25) is 0 Å². The van der Waals surface area contributed by atoms with E-state index in [1.807, 2.05) is 37.1 Å². The molecule has 0 bridgehead atoms. The van der Waals surface area contributed by atoms with Crippen LogP contribution >= 0.6 is 0 Å². The van der Waals surface area contributed by atoms with E-state index in [0.717, 1.165) is 24.3 Å². The lowest BCUT2D eigenvalue weighted by Crippen LogP contribution is -2.44. The summed E-state index contributed by atoms with van der Waals surface area (Å²) in [5.41, 5.74) is 8.23. The molecule has 0 spiro atoms. The van der Waals surface area contributed by atoms with Crippen molar-refractivity contribution in [2.45, 2.75) is 13.5 Å². The maximum atomic E-state index is 11.0. The summed E-state index contributed by atoms with van der Waals surface area (Å²) >= 11 is 0. The molecule has 0 amide bonds. The Bertz CT molecular complexity index is 483. The molecule has 1 aromatic rings. The van der Waals surface area contributed by atoms with E-state index in [4.69, 9.17) is 10.6 Å². The lowest BCUT2D eigenvalue weighted by molar-refractivity contribution is -0.143. The molecule has 1 aromatic carbocycles. The second-order valence-corrected chi connectivity index (χ2v) is 4.52. The third kappa shape index (κ3) is 3.58. The summed E-state index contributed by atoms with van der Waals surface area (Å²) in [4.78, 5) is 18.5. The van der Waals surface area contributed by atoms with Gasteiger partial charge in [-0.3, -0.25) is 9.74 Å². The van der Waals surface area contributed by atoms with Crippen molar-refractivity contribution < 1.29 is 9.63 Å². The highest BCUT2D eigenvalue weighted by atomic mass is 16.7. The molecule has 1 aliphatic rings. The van der Waals surface area contributed by atoms with E-state index >= 15 is 0 Å². The van der Waals surface area contributed by atoms with E-state index in [2.05, 4.69) is 4.90 Å². The summed E-state index contributed by atoms with van der Waals surface area (Å²) in [5, 5.41) is 1.64. The van der Waals surface area contributed by atoms with Gasteiger partial charge in [0, 0.05) is 18.8 Å². The molecule has 1 fully saturated rings. The van der Waals surface area contributed by atoms with E-state index in [0.29, 0.717) is 25.4 Å². The first-order valence-electron chi connectivity index (χ1n) is 6.44. The van der Waals surface area contributed by atoms with Crippen LogP contribution in [-0.4, -0.2) is 42.1 Å². The van der Waals surface area contributed by atoms with Gasteiger partial charge in [0.2, 0.25) is 0 Å². The van der Waals surface area contributed by atoms with Gasteiger partial charge in [0.25, 0.3) is 0 Å². The normalized spacial score (nSPS) is 16.5. The van der Waals surface area contributed by atoms with Crippen LogP contribution in [-0.2, 0) is 16.2 Å². The third-order valence-corrected chi connectivity index (χ3v) is 3.05. The zero-order chi connectivity index (χ0) is 13.7. The number of rotatable bonds is 4. The molecule has 1 heterocycles. The highest BCUT2D eigenvalue weighted by molar-refractivity contribution is 5.52. The smallest absolute Gasteiger partial charge is 0.149 e. The van der Waals surface area contributed by atoms with E-state index in [1.165, 1.54) is 0 Å². The van der Waals surface area contributed by atoms with Gasteiger partial charge in [-0.05, 0) is 24.6 Å². The maximum Gasteiger partial charge on any atom is 0.149 e. The Morgan fingerprint density at radius 2 is 2.26 bits per heavy atom. The molecule has 0 saturated carbocycles. The van der Waals surface area contributed by atoms with Gasteiger partial charge in [0.15, 0.2) is 0 Å². The van der Waals surface area contributed by atoms with E-state index < -0.39 is 0 Å². The Kier molecular flexibility index (Phi) is 4.58. The summed E-state index contributed by atoms with van der Waals surface area (Å²) in [6, 6.07) is 7.81. The molecule has 102 valence electrons. The lowest BCUT2D eigenvalue weighted by atomic mass is 10.1. The van der Waals surface area contributed by atoms with Crippen molar-refractivity contribution in [1.82, 2.24) is 9.96 Å². The number of hydrogen-bond donors (Lipinski definition) is 1. The van der Waals surface area contributed by atoms with Crippen LogP contribution in [0.3, 0.4) is 0 Å². The van der Waals surface area contributed by atoms with Gasteiger partial charge >= 0.3 is 0 Å². The highest BCUT2D eigenvalue weighted by Crippen LogP contribution is 2.15. The Balaban J connectivity index is 1.99. The van der Waals surface area contributed by atoms with Crippen LogP contribution in [0, 0.1) is 0 Å². The Morgan fingerprint density at radius 3 is 2.95 bits per heavy atom. The molecule has 5 nitrogen and oxygen atoms in total. The largest absolute Gasteiger partial charge is 0.399 e. The maximum absolute atomic E-state index is 11.0. The van der Waals surface area contributed by atoms with Crippen LogP contribution in [0.4, 0.5) is 5.69 Å². The minimum absolute atomic E-state index is 0.553. The number of piperazine rings is 1. The summed E-state index contributed by atoms with van der Waals surface area (Å²) in [7, 11) is 0. The van der Waals surface area contributed by atoms with Crippen LogP contribution < -0.4 is 5.73 Å². The predicted molar refractivity (Wildman–Crippen MR) is 73.7 cm³/mol. The topological polar surface area (TPSA) is 58.8 Å². The lowest BCUT2D eigenvalue weighted by Gasteiger charge is -2.35. The van der Waals surface area contributed by atoms with E-state index in [9.17, 15) is 4.79 Å². The second kappa shape index (κ2) is 6.38. The first-order chi connectivity index (χ1) is 9.22. The van der Waals surface area contributed by atoms with Crippen LogP contribution in [0.1, 0.15) is 12.5 Å². The van der Waals surface area contributed by atoms with Gasteiger partial charge in [-0.25, -0.2) is 9.86 Å². The predicted octanol–water partition coefficient (Wildman–Crippen LogP) is 1.05. The van der Waals surface area contributed by atoms with Gasteiger partial charge in [0.1, 0.15) is 11.6 Å². The van der Waals surface area contributed by atoms with Crippen molar-refractivity contribution in [3.8, 4) is 0 Å². The molecule has 19 heavy (non-hydrogen) atoms. The highest BCUT2D eigenvalue weighted by Gasteiger charge is 2.22. The van der Waals surface area contributed by atoms with Crippen molar-refractivity contribution in [3.05, 3.63) is 35.5 Å². The minimum atomic E-state index is 0.553. The average molecular weight is 261 g/mol. The summed E-state index contributed by atoms with van der Waals surface area (Å²) < 4.78 is 0. The monoisotopic (exact) mass is 261 g/mol. The van der Waals surface area contributed by atoms with Crippen molar-refractivity contribution in [2.75, 3.05) is 32.0 Å². The fourth-order valence-corrected chi connectivity index (χ4v) is 2.20. The molecule has 0 unspecified atom stereocenters. The quantitative estimate of drug-likeness (QED) is 0.648.